The summed E-state index contributed by atoms with van der Waals surface area (Å²) < 4.78 is 20.4. The molecule has 0 amide bonds. The molecule has 0 bridgehead atoms. The van der Waals surface area contributed by atoms with Crippen molar-refractivity contribution in [2.45, 2.75) is 72.6 Å². The fourth-order valence-corrected chi connectivity index (χ4v) is 3.90. The zero-order valence-corrected chi connectivity index (χ0v) is 18.6. The van der Waals surface area contributed by atoms with Crippen molar-refractivity contribution in [3.8, 4) is 5.75 Å². The quantitative estimate of drug-likeness (QED) is 0.515. The van der Waals surface area contributed by atoms with E-state index in [1.807, 2.05) is 26.8 Å². The van der Waals surface area contributed by atoms with E-state index in [0.717, 1.165) is 12.0 Å². The van der Waals surface area contributed by atoms with Crippen LogP contribution in [0.1, 0.15) is 68.9 Å². The molecule has 0 aliphatic carbocycles. The van der Waals surface area contributed by atoms with Gasteiger partial charge in [0.15, 0.2) is 11.6 Å². The summed E-state index contributed by atoms with van der Waals surface area (Å²) in [7, 11) is 0. The van der Waals surface area contributed by atoms with E-state index in [1.165, 1.54) is 22.3 Å². The highest BCUT2D eigenvalue weighted by Crippen LogP contribution is 2.36. The van der Waals surface area contributed by atoms with Crippen LogP contribution in [0.5, 0.6) is 5.75 Å². The van der Waals surface area contributed by atoms with E-state index in [1.54, 1.807) is 6.07 Å². The first-order valence-electron chi connectivity index (χ1n) is 9.54. The van der Waals surface area contributed by atoms with Crippen LogP contribution in [0.15, 0.2) is 24.3 Å². The normalized spacial score (nSPS) is 12.4. The first-order valence-corrected chi connectivity index (χ1v) is 9.92. The van der Waals surface area contributed by atoms with Crippen LogP contribution in [0, 0.1) is 26.6 Å². The lowest BCUT2D eigenvalue weighted by Gasteiger charge is -2.28. The van der Waals surface area contributed by atoms with Crippen molar-refractivity contribution in [2.24, 2.45) is 0 Å². The molecular weight excluding hydrogens is 359 g/mol. The molecule has 0 aliphatic heterocycles. The van der Waals surface area contributed by atoms with Crippen LogP contribution in [-0.2, 0) is 10.8 Å². The zero-order valence-electron chi connectivity index (χ0n) is 17.9. The number of halogens is 2. The smallest absolute Gasteiger partial charge is 0.183 e. The second-order valence-corrected chi connectivity index (χ2v) is 9.60. The number of benzene rings is 2. The number of hydrogen-bond acceptors (Lipinski definition) is 1. The van der Waals surface area contributed by atoms with Gasteiger partial charge in [-0.15, -0.1) is 0 Å². The Morgan fingerprint density at radius 2 is 1.48 bits per heavy atom. The lowest BCUT2D eigenvalue weighted by molar-refractivity contribution is 0.261. The van der Waals surface area contributed by atoms with Crippen molar-refractivity contribution in [1.29, 1.82) is 0 Å². The molecule has 0 fully saturated rings. The highest BCUT2D eigenvalue weighted by Gasteiger charge is 2.25. The highest BCUT2D eigenvalue weighted by atomic mass is 35.5. The molecule has 0 atom stereocenters. The largest absolute Gasteiger partial charge is 0.490 e. The maximum Gasteiger partial charge on any atom is 0.183 e. The maximum atomic E-state index is 14.6. The fraction of sp³-hybridized carbons (Fsp3) is 0.500. The predicted octanol–water partition coefficient (Wildman–Crippen LogP) is 7.45. The van der Waals surface area contributed by atoms with Crippen LogP contribution in [0.4, 0.5) is 4.39 Å². The van der Waals surface area contributed by atoms with Crippen LogP contribution in [0.25, 0.3) is 0 Å². The third-order valence-corrected chi connectivity index (χ3v) is 5.78. The Morgan fingerprint density at radius 3 is 2.07 bits per heavy atom. The Bertz CT molecular complexity index is 831. The molecule has 0 N–H and O–H groups in total. The molecule has 148 valence electrons. The van der Waals surface area contributed by atoms with E-state index < -0.39 is 5.82 Å². The van der Waals surface area contributed by atoms with Crippen molar-refractivity contribution >= 4 is 11.6 Å². The average molecular weight is 391 g/mol. The Morgan fingerprint density at radius 1 is 0.889 bits per heavy atom. The molecule has 27 heavy (non-hydrogen) atoms. The third kappa shape index (κ3) is 4.85. The predicted molar refractivity (Wildman–Crippen MR) is 114 cm³/mol. The Labute approximate surface area is 168 Å². The highest BCUT2D eigenvalue weighted by molar-refractivity contribution is 6.31. The van der Waals surface area contributed by atoms with Crippen molar-refractivity contribution in [1.82, 2.24) is 0 Å². The number of hydrogen-bond donors (Lipinski definition) is 0. The van der Waals surface area contributed by atoms with Gasteiger partial charge < -0.3 is 4.74 Å². The van der Waals surface area contributed by atoms with Gasteiger partial charge in [-0.2, -0.15) is 0 Å². The van der Waals surface area contributed by atoms with Gasteiger partial charge in [-0.1, -0.05) is 64.4 Å². The second-order valence-electron chi connectivity index (χ2n) is 9.22. The molecule has 1 nitrogen and oxygen atoms in total. The topological polar surface area (TPSA) is 9.23 Å². The van der Waals surface area contributed by atoms with Crippen molar-refractivity contribution in [2.75, 3.05) is 6.61 Å². The van der Waals surface area contributed by atoms with Crippen LogP contribution >= 0.6 is 11.6 Å². The summed E-state index contributed by atoms with van der Waals surface area (Å²) in [5.74, 6) is -0.245. The minimum atomic E-state index is -0.468. The van der Waals surface area contributed by atoms with Gasteiger partial charge in [-0.25, -0.2) is 4.39 Å². The van der Waals surface area contributed by atoms with E-state index in [-0.39, 0.29) is 21.6 Å². The Kier molecular flexibility index (Phi) is 6.31. The summed E-state index contributed by atoms with van der Waals surface area (Å²) in [4.78, 5) is 0. The van der Waals surface area contributed by atoms with Gasteiger partial charge in [0.1, 0.15) is 0 Å². The van der Waals surface area contributed by atoms with E-state index in [4.69, 9.17) is 16.3 Å². The molecule has 0 aliphatic rings. The average Bonchev–Trinajstić information content (AvgIpc) is 2.53. The molecule has 3 heteroatoms. The van der Waals surface area contributed by atoms with Crippen molar-refractivity contribution in [3.63, 3.8) is 0 Å². The lowest BCUT2D eigenvalue weighted by atomic mass is 9.78. The van der Waals surface area contributed by atoms with Crippen LogP contribution in [0.2, 0.25) is 5.02 Å². The van der Waals surface area contributed by atoms with Gasteiger partial charge >= 0.3 is 0 Å². The van der Waals surface area contributed by atoms with Gasteiger partial charge in [0, 0.05) is 0 Å². The van der Waals surface area contributed by atoms with Crippen molar-refractivity contribution < 1.29 is 9.13 Å². The standard InChI is InChI=1S/C24H32ClFO/c1-15-13-17(3)19(14-16(15)2)24(7,8)11-12-27-20-10-9-18(23(4,5)6)21(25)22(20)26/h9-10,13-14H,11-12H2,1-8H3. The fourth-order valence-electron chi connectivity index (χ4n) is 3.46. The van der Waals surface area contributed by atoms with Crippen LogP contribution in [-0.4, -0.2) is 6.61 Å². The zero-order chi connectivity index (χ0) is 20.6. The molecule has 0 saturated heterocycles. The molecule has 2 rings (SSSR count). The molecule has 0 unspecified atom stereocenters. The Hall–Kier alpha value is -1.54. The molecular formula is C24H32ClFO. The van der Waals surface area contributed by atoms with E-state index in [9.17, 15) is 4.39 Å². The third-order valence-electron chi connectivity index (χ3n) is 5.41. The van der Waals surface area contributed by atoms with E-state index in [2.05, 4.69) is 46.8 Å². The first-order chi connectivity index (χ1) is 12.3. The SMILES string of the molecule is Cc1cc(C)c(C(C)(C)CCOc2ccc(C(C)(C)C)c(Cl)c2F)cc1C. The summed E-state index contributed by atoms with van der Waals surface area (Å²) >= 11 is 6.25. The molecule has 2 aromatic carbocycles. The number of ether oxygens (including phenoxy) is 1. The molecule has 0 aromatic heterocycles. The molecule has 0 spiro atoms. The van der Waals surface area contributed by atoms with Gasteiger partial charge in [0.05, 0.1) is 11.6 Å². The minimum absolute atomic E-state index is 0.0613. The van der Waals surface area contributed by atoms with E-state index in [0.29, 0.717) is 6.61 Å². The molecule has 2 aromatic rings. The summed E-state index contributed by atoms with van der Waals surface area (Å²) in [5, 5.41) is 0.157. The Balaban J connectivity index is 2.14. The molecule has 0 heterocycles. The minimum Gasteiger partial charge on any atom is -0.490 e. The first kappa shape index (κ1) is 21.8. The van der Waals surface area contributed by atoms with Gasteiger partial charge in [0.2, 0.25) is 0 Å². The van der Waals surface area contributed by atoms with Gasteiger partial charge in [-0.05, 0) is 71.9 Å². The second kappa shape index (κ2) is 7.83. The molecule has 0 radical (unpaired) electrons. The van der Waals surface area contributed by atoms with E-state index >= 15 is 0 Å². The summed E-state index contributed by atoms with van der Waals surface area (Å²) in [6, 6.07) is 8.05. The number of rotatable bonds is 5. The van der Waals surface area contributed by atoms with Gasteiger partial charge in [0.25, 0.3) is 0 Å². The lowest BCUT2D eigenvalue weighted by Crippen LogP contribution is -2.22. The van der Waals surface area contributed by atoms with Crippen LogP contribution < -0.4 is 4.74 Å². The van der Waals surface area contributed by atoms with Crippen molar-refractivity contribution in [3.05, 3.63) is 62.9 Å². The summed E-state index contributed by atoms with van der Waals surface area (Å²) in [6.45, 7) is 17.3. The summed E-state index contributed by atoms with van der Waals surface area (Å²) in [6.07, 6.45) is 0.786. The van der Waals surface area contributed by atoms with Crippen LogP contribution in [0.3, 0.4) is 0 Å². The monoisotopic (exact) mass is 390 g/mol. The summed E-state index contributed by atoms with van der Waals surface area (Å²) in [5.41, 5.74) is 5.72. The van der Waals surface area contributed by atoms with Gasteiger partial charge in [-0.3, -0.25) is 0 Å². The maximum absolute atomic E-state index is 14.6. The number of aryl methyl sites for hydroxylation is 3. The molecule has 0 saturated carbocycles.